The van der Waals surface area contributed by atoms with Crippen LogP contribution in [0.3, 0.4) is 0 Å². The number of carbonyl (C=O) groups is 1. The third-order valence-corrected chi connectivity index (χ3v) is 4.48. The van der Waals surface area contributed by atoms with Crippen molar-refractivity contribution in [3.63, 3.8) is 0 Å². The molecule has 0 spiro atoms. The number of aromatic nitrogens is 1. The van der Waals surface area contributed by atoms with Crippen LogP contribution in [0, 0.1) is 6.92 Å². The Hall–Kier alpha value is -2.08. The zero-order valence-electron chi connectivity index (χ0n) is 11.2. The molecule has 0 saturated carbocycles. The number of benzene rings is 1. The van der Waals surface area contributed by atoms with Crippen molar-refractivity contribution in [1.82, 2.24) is 3.97 Å². The summed E-state index contributed by atoms with van der Waals surface area (Å²) in [7, 11) is -3.79. The van der Waals surface area contributed by atoms with Crippen molar-refractivity contribution in [3.8, 4) is 0 Å². The van der Waals surface area contributed by atoms with Crippen molar-refractivity contribution in [1.29, 1.82) is 0 Å². The van der Waals surface area contributed by atoms with Crippen LogP contribution in [-0.2, 0) is 14.8 Å². The lowest BCUT2D eigenvalue weighted by Crippen LogP contribution is -2.19. The molecule has 5 nitrogen and oxygen atoms in total. The fourth-order valence-electron chi connectivity index (χ4n) is 1.76. The molecule has 0 fully saturated rings. The molecular formula is C14H15NO4S. The van der Waals surface area contributed by atoms with Crippen molar-refractivity contribution in [2.45, 2.75) is 18.7 Å². The summed E-state index contributed by atoms with van der Waals surface area (Å²) in [6, 6.07) is 9.36. The van der Waals surface area contributed by atoms with Crippen LogP contribution in [0.4, 0.5) is 0 Å². The smallest absolute Gasteiger partial charge is 0.355 e. The molecule has 0 saturated heterocycles. The van der Waals surface area contributed by atoms with E-state index in [2.05, 4.69) is 0 Å². The highest BCUT2D eigenvalue weighted by Gasteiger charge is 2.23. The summed E-state index contributed by atoms with van der Waals surface area (Å²) in [6.45, 7) is 3.73. The first kappa shape index (κ1) is 14.3. The largest absolute Gasteiger partial charge is 0.461 e. The van der Waals surface area contributed by atoms with Crippen molar-refractivity contribution in [2.75, 3.05) is 6.61 Å². The van der Waals surface area contributed by atoms with E-state index in [-0.39, 0.29) is 17.2 Å². The normalized spacial score (nSPS) is 11.3. The highest BCUT2D eigenvalue weighted by atomic mass is 32.2. The maximum Gasteiger partial charge on any atom is 0.355 e. The van der Waals surface area contributed by atoms with E-state index < -0.39 is 16.0 Å². The molecule has 0 amide bonds. The van der Waals surface area contributed by atoms with Gasteiger partial charge >= 0.3 is 5.97 Å². The third kappa shape index (κ3) is 2.60. The van der Waals surface area contributed by atoms with Crippen LogP contribution in [0.25, 0.3) is 0 Å². The van der Waals surface area contributed by atoms with E-state index in [0.29, 0.717) is 0 Å². The van der Waals surface area contributed by atoms with E-state index in [4.69, 9.17) is 4.74 Å². The molecule has 1 heterocycles. The lowest BCUT2D eigenvalue weighted by molar-refractivity contribution is 0.0518. The van der Waals surface area contributed by atoms with Crippen molar-refractivity contribution < 1.29 is 17.9 Å². The fourth-order valence-corrected chi connectivity index (χ4v) is 3.09. The topological polar surface area (TPSA) is 65.4 Å². The maximum atomic E-state index is 12.5. The quantitative estimate of drug-likeness (QED) is 0.811. The van der Waals surface area contributed by atoms with Gasteiger partial charge in [-0.3, -0.25) is 0 Å². The monoisotopic (exact) mass is 293 g/mol. The van der Waals surface area contributed by atoms with Crippen LogP contribution in [0.5, 0.6) is 0 Å². The summed E-state index contributed by atoms with van der Waals surface area (Å²) in [5.41, 5.74) is 0.953. The molecule has 2 rings (SSSR count). The number of carbonyl (C=O) groups excluding carboxylic acids is 1. The first-order chi connectivity index (χ1) is 9.46. The number of hydrogen-bond acceptors (Lipinski definition) is 4. The first-order valence-electron chi connectivity index (χ1n) is 6.13. The van der Waals surface area contributed by atoms with Gasteiger partial charge in [-0.05, 0) is 38.1 Å². The maximum absolute atomic E-state index is 12.5. The Balaban J connectivity index is 2.48. The van der Waals surface area contributed by atoms with Crippen LogP contribution in [0.2, 0.25) is 0 Å². The standard InChI is InChI=1S/C14H15NO4S/c1-3-19-14(16)13-5-4-10-15(13)20(17,18)12-8-6-11(2)7-9-12/h4-10H,3H2,1-2H3. The average Bonchev–Trinajstić information content (AvgIpc) is 2.89. The first-order valence-corrected chi connectivity index (χ1v) is 7.57. The minimum absolute atomic E-state index is 0.00701. The predicted octanol–water partition coefficient (Wildman–Crippen LogP) is 2.21. The third-order valence-electron chi connectivity index (χ3n) is 2.78. The second-order valence-electron chi connectivity index (χ2n) is 4.23. The van der Waals surface area contributed by atoms with Gasteiger partial charge in [0.15, 0.2) is 0 Å². The second-order valence-corrected chi connectivity index (χ2v) is 6.04. The number of hydrogen-bond donors (Lipinski definition) is 0. The Morgan fingerprint density at radius 3 is 2.45 bits per heavy atom. The minimum Gasteiger partial charge on any atom is -0.461 e. The number of esters is 1. The molecule has 0 unspecified atom stereocenters. The van der Waals surface area contributed by atoms with Gasteiger partial charge in [0.05, 0.1) is 11.5 Å². The van der Waals surface area contributed by atoms with Crippen molar-refractivity contribution >= 4 is 16.0 Å². The molecule has 0 atom stereocenters. The van der Waals surface area contributed by atoms with Crippen LogP contribution in [0.15, 0.2) is 47.5 Å². The van der Waals surface area contributed by atoms with Gasteiger partial charge in [0.1, 0.15) is 5.69 Å². The number of aryl methyl sites for hydroxylation is 1. The van der Waals surface area contributed by atoms with Gasteiger partial charge in [0.2, 0.25) is 0 Å². The lowest BCUT2D eigenvalue weighted by atomic mass is 10.2. The molecule has 0 aliphatic rings. The molecule has 0 aliphatic carbocycles. The van der Waals surface area contributed by atoms with Gasteiger partial charge in [-0.2, -0.15) is 0 Å². The van der Waals surface area contributed by atoms with E-state index in [0.717, 1.165) is 9.54 Å². The molecule has 2 aromatic rings. The summed E-state index contributed by atoms with van der Waals surface area (Å²) < 4.78 is 30.8. The molecular weight excluding hydrogens is 278 g/mol. The highest BCUT2D eigenvalue weighted by Crippen LogP contribution is 2.17. The SMILES string of the molecule is CCOC(=O)c1cccn1S(=O)(=O)c1ccc(C)cc1. The summed E-state index contributed by atoms with van der Waals surface area (Å²) >= 11 is 0. The van der Waals surface area contributed by atoms with Gasteiger partial charge in [-0.15, -0.1) is 0 Å². The fraction of sp³-hybridized carbons (Fsp3) is 0.214. The lowest BCUT2D eigenvalue weighted by Gasteiger charge is -2.10. The van der Waals surface area contributed by atoms with Gasteiger partial charge < -0.3 is 4.74 Å². The zero-order chi connectivity index (χ0) is 14.8. The molecule has 6 heteroatoms. The average molecular weight is 293 g/mol. The van der Waals surface area contributed by atoms with Gasteiger partial charge in [0.25, 0.3) is 10.0 Å². The Kier molecular flexibility index (Phi) is 3.94. The Labute approximate surface area is 117 Å². The Bertz CT molecular complexity index is 714. The molecule has 1 aromatic heterocycles. The molecule has 0 radical (unpaired) electrons. The van der Waals surface area contributed by atoms with E-state index in [1.54, 1.807) is 19.1 Å². The molecule has 0 N–H and O–H groups in total. The van der Waals surface area contributed by atoms with E-state index in [1.165, 1.54) is 30.5 Å². The van der Waals surface area contributed by atoms with E-state index >= 15 is 0 Å². The van der Waals surface area contributed by atoms with Gasteiger partial charge in [0, 0.05) is 6.20 Å². The van der Waals surface area contributed by atoms with E-state index in [1.807, 2.05) is 6.92 Å². The van der Waals surface area contributed by atoms with E-state index in [9.17, 15) is 13.2 Å². The van der Waals surface area contributed by atoms with Crippen LogP contribution >= 0.6 is 0 Å². The molecule has 0 aliphatic heterocycles. The highest BCUT2D eigenvalue weighted by molar-refractivity contribution is 7.90. The minimum atomic E-state index is -3.79. The number of ether oxygens (including phenoxy) is 1. The molecule has 1 aromatic carbocycles. The summed E-state index contributed by atoms with van der Waals surface area (Å²) in [4.78, 5) is 11.9. The Morgan fingerprint density at radius 1 is 1.20 bits per heavy atom. The van der Waals surface area contributed by atoms with Crippen molar-refractivity contribution in [2.24, 2.45) is 0 Å². The zero-order valence-corrected chi connectivity index (χ0v) is 12.1. The van der Waals surface area contributed by atoms with Gasteiger partial charge in [-0.1, -0.05) is 17.7 Å². The molecule has 20 heavy (non-hydrogen) atoms. The van der Waals surface area contributed by atoms with Crippen LogP contribution < -0.4 is 0 Å². The summed E-state index contributed by atoms with van der Waals surface area (Å²) in [5, 5.41) is 0. The second kappa shape index (κ2) is 5.50. The number of rotatable bonds is 4. The summed E-state index contributed by atoms with van der Waals surface area (Å²) in [5.74, 6) is -0.659. The summed E-state index contributed by atoms with van der Waals surface area (Å²) in [6.07, 6.45) is 1.33. The Morgan fingerprint density at radius 2 is 1.85 bits per heavy atom. The van der Waals surface area contributed by atoms with Gasteiger partial charge in [-0.25, -0.2) is 17.2 Å². The van der Waals surface area contributed by atoms with Crippen molar-refractivity contribution in [3.05, 3.63) is 53.9 Å². The van der Waals surface area contributed by atoms with Crippen LogP contribution in [-0.4, -0.2) is 25.0 Å². The predicted molar refractivity (Wildman–Crippen MR) is 74.2 cm³/mol. The van der Waals surface area contributed by atoms with Crippen LogP contribution in [0.1, 0.15) is 23.0 Å². The number of nitrogens with zero attached hydrogens (tertiary/aromatic N) is 1. The molecule has 0 bridgehead atoms. The molecule has 106 valence electrons.